The van der Waals surface area contributed by atoms with Gasteiger partial charge in [-0.1, -0.05) is 50.2 Å². The Morgan fingerprint density at radius 1 is 1.03 bits per heavy atom. The van der Waals surface area contributed by atoms with Crippen LogP contribution in [0.3, 0.4) is 0 Å². The van der Waals surface area contributed by atoms with Crippen LogP contribution < -0.4 is 15.4 Å². The molecule has 0 heterocycles. The number of guanidine groups is 1. The van der Waals surface area contributed by atoms with Gasteiger partial charge in [0.05, 0.1) is 12.4 Å². The first kappa shape index (κ1) is 24.7. The molecule has 0 spiro atoms. The third kappa shape index (κ3) is 9.42. The summed E-state index contributed by atoms with van der Waals surface area (Å²) >= 11 is 0. The fraction of sp³-hybridized carbons (Fsp3) is 0.458. The molecular formula is C24H35N3O3S. The molecule has 0 aromatic heterocycles. The van der Waals surface area contributed by atoms with Gasteiger partial charge in [0.25, 0.3) is 0 Å². The van der Waals surface area contributed by atoms with Crippen LogP contribution in [0.2, 0.25) is 0 Å². The molecule has 170 valence electrons. The van der Waals surface area contributed by atoms with E-state index in [1.54, 1.807) is 7.05 Å². The molecule has 0 bridgehead atoms. The second kappa shape index (κ2) is 11.7. The predicted molar refractivity (Wildman–Crippen MR) is 128 cm³/mol. The van der Waals surface area contributed by atoms with E-state index in [1.165, 1.54) is 11.8 Å². The van der Waals surface area contributed by atoms with E-state index in [1.807, 2.05) is 24.3 Å². The smallest absolute Gasteiger partial charge is 0.191 e. The van der Waals surface area contributed by atoms with Crippen molar-refractivity contribution in [2.45, 2.75) is 46.0 Å². The number of ether oxygens (including phenoxy) is 1. The summed E-state index contributed by atoms with van der Waals surface area (Å²) in [5.74, 6) is 2.26. The number of aryl methyl sites for hydroxylation is 1. The SMILES string of the molecule is CN=C(NCc1ccc(CS(C)(=O)=O)cc1)NCc1ccc(C)cc1OCCC(C)C. The Bertz CT molecular complexity index is 968. The van der Waals surface area contributed by atoms with Crippen molar-refractivity contribution in [3.05, 3.63) is 64.7 Å². The summed E-state index contributed by atoms with van der Waals surface area (Å²) in [5, 5.41) is 6.63. The van der Waals surface area contributed by atoms with Gasteiger partial charge in [0.15, 0.2) is 15.8 Å². The van der Waals surface area contributed by atoms with Gasteiger partial charge in [0.1, 0.15) is 5.75 Å². The first-order chi connectivity index (χ1) is 14.7. The molecule has 2 aromatic rings. The molecule has 0 saturated carbocycles. The van der Waals surface area contributed by atoms with Crippen LogP contribution in [0.5, 0.6) is 5.75 Å². The highest BCUT2D eigenvalue weighted by molar-refractivity contribution is 7.89. The summed E-state index contributed by atoms with van der Waals surface area (Å²) in [6.45, 7) is 8.34. The lowest BCUT2D eigenvalue weighted by atomic mass is 10.1. The zero-order chi connectivity index (χ0) is 22.9. The van der Waals surface area contributed by atoms with Crippen LogP contribution in [0, 0.1) is 12.8 Å². The monoisotopic (exact) mass is 445 g/mol. The molecule has 0 saturated heterocycles. The molecule has 6 nitrogen and oxygen atoms in total. The highest BCUT2D eigenvalue weighted by Crippen LogP contribution is 2.21. The highest BCUT2D eigenvalue weighted by Gasteiger charge is 2.08. The topological polar surface area (TPSA) is 79.8 Å². The second-order valence-electron chi connectivity index (χ2n) is 8.31. The number of nitrogens with one attached hydrogen (secondary N) is 2. The van der Waals surface area contributed by atoms with E-state index in [0.717, 1.165) is 28.9 Å². The number of aliphatic imine (C=N–C) groups is 1. The van der Waals surface area contributed by atoms with Crippen molar-refractivity contribution in [3.63, 3.8) is 0 Å². The summed E-state index contributed by atoms with van der Waals surface area (Å²) in [4.78, 5) is 4.29. The quantitative estimate of drug-likeness (QED) is 0.429. The van der Waals surface area contributed by atoms with Gasteiger partial charge in [-0.2, -0.15) is 0 Å². The molecular weight excluding hydrogens is 410 g/mol. The molecule has 31 heavy (non-hydrogen) atoms. The Hall–Kier alpha value is -2.54. The summed E-state index contributed by atoms with van der Waals surface area (Å²) in [6, 6.07) is 13.8. The normalized spacial score (nSPS) is 12.1. The lowest BCUT2D eigenvalue weighted by molar-refractivity contribution is 0.286. The molecule has 0 aliphatic heterocycles. The number of hydrogen-bond donors (Lipinski definition) is 2. The van der Waals surface area contributed by atoms with E-state index in [2.05, 4.69) is 54.6 Å². The molecule has 0 aliphatic rings. The van der Waals surface area contributed by atoms with Crippen LogP contribution in [-0.2, 0) is 28.7 Å². The fourth-order valence-electron chi connectivity index (χ4n) is 2.99. The first-order valence-electron chi connectivity index (χ1n) is 10.6. The Balaban J connectivity index is 1.91. The lowest BCUT2D eigenvalue weighted by Crippen LogP contribution is -2.36. The van der Waals surface area contributed by atoms with E-state index in [-0.39, 0.29) is 5.75 Å². The molecule has 0 atom stereocenters. The number of nitrogens with zero attached hydrogens (tertiary/aromatic N) is 1. The van der Waals surface area contributed by atoms with Crippen LogP contribution >= 0.6 is 0 Å². The Morgan fingerprint density at radius 2 is 1.68 bits per heavy atom. The minimum absolute atomic E-state index is 0.0576. The Kier molecular flexibility index (Phi) is 9.37. The van der Waals surface area contributed by atoms with Gasteiger partial charge in [-0.05, 0) is 42.0 Å². The molecule has 7 heteroatoms. The van der Waals surface area contributed by atoms with Gasteiger partial charge in [-0.25, -0.2) is 8.42 Å². The van der Waals surface area contributed by atoms with E-state index >= 15 is 0 Å². The molecule has 0 unspecified atom stereocenters. The zero-order valence-corrected chi connectivity index (χ0v) is 20.1. The second-order valence-corrected chi connectivity index (χ2v) is 10.4. The van der Waals surface area contributed by atoms with Crippen molar-refractivity contribution < 1.29 is 13.2 Å². The van der Waals surface area contributed by atoms with Gasteiger partial charge in [-0.15, -0.1) is 0 Å². The van der Waals surface area contributed by atoms with E-state index in [0.29, 0.717) is 31.6 Å². The lowest BCUT2D eigenvalue weighted by Gasteiger charge is -2.16. The first-order valence-corrected chi connectivity index (χ1v) is 12.6. The number of rotatable bonds is 10. The molecule has 0 aliphatic carbocycles. The molecule has 0 radical (unpaired) electrons. The molecule has 0 fully saturated rings. The van der Waals surface area contributed by atoms with Crippen molar-refractivity contribution in [1.82, 2.24) is 10.6 Å². The van der Waals surface area contributed by atoms with Crippen LogP contribution in [0.15, 0.2) is 47.5 Å². The van der Waals surface area contributed by atoms with Crippen LogP contribution in [0.25, 0.3) is 0 Å². The third-order valence-corrected chi connectivity index (χ3v) is 5.61. The molecule has 2 N–H and O–H groups in total. The summed E-state index contributed by atoms with van der Waals surface area (Å²) in [6.07, 6.45) is 2.26. The average molecular weight is 446 g/mol. The van der Waals surface area contributed by atoms with Gasteiger partial charge in [-0.3, -0.25) is 4.99 Å². The summed E-state index contributed by atoms with van der Waals surface area (Å²) < 4.78 is 28.9. The summed E-state index contributed by atoms with van der Waals surface area (Å²) in [7, 11) is -1.29. The minimum Gasteiger partial charge on any atom is -0.493 e. The van der Waals surface area contributed by atoms with Crippen molar-refractivity contribution in [2.24, 2.45) is 10.9 Å². The maximum atomic E-state index is 11.4. The maximum Gasteiger partial charge on any atom is 0.191 e. The number of hydrogen-bond acceptors (Lipinski definition) is 4. The van der Waals surface area contributed by atoms with Crippen LogP contribution in [0.1, 0.15) is 42.5 Å². The van der Waals surface area contributed by atoms with Crippen molar-refractivity contribution in [1.29, 1.82) is 0 Å². The molecule has 2 aromatic carbocycles. The predicted octanol–water partition coefficient (Wildman–Crippen LogP) is 3.83. The molecule has 0 amide bonds. The van der Waals surface area contributed by atoms with Crippen LogP contribution in [-0.4, -0.2) is 34.3 Å². The highest BCUT2D eigenvalue weighted by atomic mass is 32.2. The number of benzene rings is 2. The average Bonchev–Trinajstić information content (AvgIpc) is 2.69. The minimum atomic E-state index is -3.03. The molecule has 2 rings (SSSR count). The largest absolute Gasteiger partial charge is 0.493 e. The standard InChI is InChI=1S/C24H35N3O3S/c1-18(2)12-13-30-23-14-19(3)6-11-22(23)16-27-24(25-4)26-15-20-7-9-21(10-8-20)17-31(5,28)29/h6-11,14,18H,12-13,15-17H2,1-5H3,(H2,25,26,27). The summed E-state index contributed by atoms with van der Waals surface area (Å²) in [5.41, 5.74) is 4.10. The fourth-order valence-corrected chi connectivity index (χ4v) is 3.79. The van der Waals surface area contributed by atoms with E-state index in [4.69, 9.17) is 4.74 Å². The van der Waals surface area contributed by atoms with Gasteiger partial charge in [0.2, 0.25) is 0 Å². The van der Waals surface area contributed by atoms with Crippen LogP contribution in [0.4, 0.5) is 0 Å². The van der Waals surface area contributed by atoms with Crippen molar-refractivity contribution in [2.75, 3.05) is 19.9 Å². The van der Waals surface area contributed by atoms with Gasteiger partial charge >= 0.3 is 0 Å². The van der Waals surface area contributed by atoms with E-state index in [9.17, 15) is 8.42 Å². The third-order valence-electron chi connectivity index (χ3n) is 4.76. The van der Waals surface area contributed by atoms with Gasteiger partial charge in [0, 0.05) is 32.0 Å². The van der Waals surface area contributed by atoms with Crippen molar-refractivity contribution >= 4 is 15.8 Å². The van der Waals surface area contributed by atoms with E-state index < -0.39 is 9.84 Å². The Labute approximate surface area is 187 Å². The number of sulfone groups is 1. The Morgan fingerprint density at radius 3 is 2.29 bits per heavy atom. The van der Waals surface area contributed by atoms with Crippen molar-refractivity contribution in [3.8, 4) is 5.75 Å². The van der Waals surface area contributed by atoms with Gasteiger partial charge < -0.3 is 15.4 Å². The maximum absolute atomic E-state index is 11.4. The zero-order valence-electron chi connectivity index (χ0n) is 19.2.